The van der Waals surface area contributed by atoms with Crippen LogP contribution in [0.5, 0.6) is 0 Å². The van der Waals surface area contributed by atoms with Crippen molar-refractivity contribution in [3.05, 3.63) is 36.5 Å². The fraction of sp³-hybridized carbons (Fsp3) is 0. The predicted octanol–water partition coefficient (Wildman–Crippen LogP) is 0.701. The zero-order valence-corrected chi connectivity index (χ0v) is 8.92. The van der Waals surface area contributed by atoms with Crippen molar-refractivity contribution < 1.29 is 13.0 Å². The summed E-state index contributed by atoms with van der Waals surface area (Å²) in [5.41, 5.74) is 6.20. The first kappa shape index (κ1) is 10.7. The first-order valence-electron chi connectivity index (χ1n) is 4.36. The Bertz CT molecular complexity index is 604. The first-order chi connectivity index (χ1) is 7.50. The van der Waals surface area contributed by atoms with E-state index in [1.165, 1.54) is 4.68 Å². The van der Waals surface area contributed by atoms with E-state index in [9.17, 15) is 8.42 Å². The standard InChI is InChI=1S/C9H9N3O3S/c10-9-8(16(13,14)15)6-11-12(9)7-4-2-1-3-5-7/h1-6H,10H2,(H,13,14,15). The Labute approximate surface area is 92.1 Å². The molecule has 1 aromatic carbocycles. The van der Waals surface area contributed by atoms with Crippen LogP contribution in [0, 0.1) is 0 Å². The van der Waals surface area contributed by atoms with Gasteiger partial charge in [-0.1, -0.05) is 18.2 Å². The highest BCUT2D eigenvalue weighted by Gasteiger charge is 2.19. The van der Waals surface area contributed by atoms with Crippen LogP contribution in [-0.2, 0) is 10.1 Å². The van der Waals surface area contributed by atoms with Gasteiger partial charge in [-0.15, -0.1) is 0 Å². The fourth-order valence-electron chi connectivity index (χ4n) is 1.32. The minimum atomic E-state index is -4.33. The van der Waals surface area contributed by atoms with Crippen LogP contribution in [0.1, 0.15) is 0 Å². The molecule has 0 spiro atoms. The summed E-state index contributed by atoms with van der Waals surface area (Å²) in [7, 11) is -4.33. The zero-order chi connectivity index (χ0) is 11.8. The second-order valence-electron chi connectivity index (χ2n) is 3.12. The Hall–Kier alpha value is -1.86. The molecule has 16 heavy (non-hydrogen) atoms. The number of nitrogens with zero attached hydrogens (tertiary/aromatic N) is 2. The van der Waals surface area contributed by atoms with Crippen LogP contribution in [0.2, 0.25) is 0 Å². The summed E-state index contributed by atoms with van der Waals surface area (Å²) < 4.78 is 31.9. The van der Waals surface area contributed by atoms with Crippen LogP contribution in [0.15, 0.2) is 41.4 Å². The van der Waals surface area contributed by atoms with Crippen molar-refractivity contribution in [2.45, 2.75) is 4.90 Å². The van der Waals surface area contributed by atoms with Gasteiger partial charge in [-0.3, -0.25) is 4.55 Å². The summed E-state index contributed by atoms with van der Waals surface area (Å²) >= 11 is 0. The molecule has 2 aromatic rings. The van der Waals surface area contributed by atoms with E-state index in [1.807, 2.05) is 6.07 Å². The number of nitrogen functional groups attached to an aromatic ring is 1. The van der Waals surface area contributed by atoms with Crippen LogP contribution in [0.4, 0.5) is 5.82 Å². The van der Waals surface area contributed by atoms with Crippen molar-refractivity contribution in [3.63, 3.8) is 0 Å². The normalized spacial score (nSPS) is 11.6. The van der Waals surface area contributed by atoms with Crippen molar-refractivity contribution in [2.24, 2.45) is 0 Å². The topological polar surface area (TPSA) is 98.2 Å². The molecule has 1 heterocycles. The van der Waals surface area contributed by atoms with Crippen LogP contribution in [0.25, 0.3) is 5.69 Å². The van der Waals surface area contributed by atoms with E-state index < -0.39 is 15.0 Å². The minimum absolute atomic E-state index is 0.117. The highest BCUT2D eigenvalue weighted by molar-refractivity contribution is 7.86. The summed E-state index contributed by atoms with van der Waals surface area (Å²) in [6.07, 6.45) is 1.01. The lowest BCUT2D eigenvalue weighted by molar-refractivity contribution is 0.483. The maximum absolute atomic E-state index is 10.9. The summed E-state index contributed by atoms with van der Waals surface area (Å²) in [6.45, 7) is 0. The number of nitrogens with two attached hydrogens (primary N) is 1. The van der Waals surface area contributed by atoms with E-state index in [2.05, 4.69) is 5.10 Å². The molecule has 84 valence electrons. The van der Waals surface area contributed by atoms with Crippen molar-refractivity contribution in [1.82, 2.24) is 9.78 Å². The molecule has 0 amide bonds. The molecule has 3 N–H and O–H groups in total. The van der Waals surface area contributed by atoms with Crippen molar-refractivity contribution in [1.29, 1.82) is 0 Å². The average Bonchev–Trinajstić information content (AvgIpc) is 2.61. The molecule has 0 radical (unpaired) electrons. The lowest BCUT2D eigenvalue weighted by Gasteiger charge is -2.03. The second kappa shape index (κ2) is 3.62. The molecule has 0 saturated heterocycles. The molecule has 1 aromatic heterocycles. The fourth-order valence-corrected chi connectivity index (χ4v) is 1.85. The molecular weight excluding hydrogens is 230 g/mol. The highest BCUT2D eigenvalue weighted by Crippen LogP contribution is 2.20. The molecule has 0 unspecified atom stereocenters. The quantitative estimate of drug-likeness (QED) is 0.752. The van der Waals surface area contributed by atoms with E-state index in [4.69, 9.17) is 10.3 Å². The number of para-hydroxylation sites is 1. The van der Waals surface area contributed by atoms with Crippen molar-refractivity contribution in [2.75, 3.05) is 5.73 Å². The third-order valence-electron chi connectivity index (χ3n) is 2.05. The minimum Gasteiger partial charge on any atom is -0.382 e. The zero-order valence-electron chi connectivity index (χ0n) is 8.11. The molecule has 0 atom stereocenters. The van der Waals surface area contributed by atoms with Gasteiger partial charge >= 0.3 is 0 Å². The maximum atomic E-state index is 10.9. The number of benzene rings is 1. The summed E-state index contributed by atoms with van der Waals surface area (Å²) in [6, 6.07) is 8.79. The van der Waals surface area contributed by atoms with Gasteiger partial charge in [-0.2, -0.15) is 13.5 Å². The number of anilines is 1. The van der Waals surface area contributed by atoms with E-state index in [0.29, 0.717) is 5.69 Å². The Morgan fingerprint density at radius 1 is 1.25 bits per heavy atom. The smallest absolute Gasteiger partial charge is 0.299 e. The lowest BCUT2D eigenvalue weighted by atomic mass is 10.3. The van der Waals surface area contributed by atoms with Gasteiger partial charge in [0.15, 0.2) is 4.90 Å². The van der Waals surface area contributed by atoms with Gasteiger partial charge in [0.1, 0.15) is 5.82 Å². The van der Waals surface area contributed by atoms with Gasteiger partial charge in [0.2, 0.25) is 0 Å². The molecule has 0 saturated carbocycles. The van der Waals surface area contributed by atoms with Gasteiger partial charge in [0.05, 0.1) is 11.9 Å². The van der Waals surface area contributed by atoms with Gasteiger partial charge in [-0.25, -0.2) is 4.68 Å². The maximum Gasteiger partial charge on any atom is 0.299 e. The number of hydrogen-bond acceptors (Lipinski definition) is 4. The van der Waals surface area contributed by atoms with Crippen LogP contribution in [-0.4, -0.2) is 22.8 Å². The molecule has 0 bridgehead atoms. The molecule has 0 aliphatic carbocycles. The molecule has 0 aliphatic rings. The molecule has 6 nitrogen and oxygen atoms in total. The Morgan fingerprint density at radius 2 is 1.88 bits per heavy atom. The van der Waals surface area contributed by atoms with E-state index in [0.717, 1.165) is 6.20 Å². The predicted molar refractivity (Wildman–Crippen MR) is 57.8 cm³/mol. The number of hydrogen-bond donors (Lipinski definition) is 2. The number of rotatable bonds is 2. The van der Waals surface area contributed by atoms with Crippen molar-refractivity contribution >= 4 is 15.9 Å². The lowest BCUT2D eigenvalue weighted by Crippen LogP contribution is -2.05. The van der Waals surface area contributed by atoms with Crippen molar-refractivity contribution in [3.8, 4) is 5.69 Å². The highest BCUT2D eigenvalue weighted by atomic mass is 32.2. The molecule has 0 fully saturated rings. The molecule has 0 aliphatic heterocycles. The summed E-state index contributed by atoms with van der Waals surface area (Å²) in [5, 5.41) is 3.80. The SMILES string of the molecule is Nc1c(S(=O)(=O)O)cnn1-c1ccccc1. The number of aromatic nitrogens is 2. The largest absolute Gasteiger partial charge is 0.382 e. The van der Waals surface area contributed by atoms with Crippen LogP contribution < -0.4 is 5.73 Å². The summed E-state index contributed by atoms with van der Waals surface area (Å²) in [4.78, 5) is -0.392. The first-order valence-corrected chi connectivity index (χ1v) is 5.80. The monoisotopic (exact) mass is 239 g/mol. The van der Waals surface area contributed by atoms with Crippen LogP contribution >= 0.6 is 0 Å². The second-order valence-corrected chi connectivity index (χ2v) is 4.51. The van der Waals surface area contributed by atoms with Crippen LogP contribution in [0.3, 0.4) is 0 Å². The Balaban J connectivity index is 2.59. The molecule has 7 heteroatoms. The summed E-state index contributed by atoms with van der Waals surface area (Å²) in [5.74, 6) is -0.117. The third kappa shape index (κ3) is 1.77. The third-order valence-corrected chi connectivity index (χ3v) is 2.92. The van der Waals surface area contributed by atoms with E-state index in [1.54, 1.807) is 24.3 Å². The molecule has 2 rings (SSSR count). The van der Waals surface area contributed by atoms with Gasteiger partial charge in [0.25, 0.3) is 10.1 Å². The van der Waals surface area contributed by atoms with Gasteiger partial charge < -0.3 is 5.73 Å². The van der Waals surface area contributed by atoms with Gasteiger partial charge in [0, 0.05) is 0 Å². The van der Waals surface area contributed by atoms with E-state index >= 15 is 0 Å². The molecular formula is C9H9N3O3S. The van der Waals surface area contributed by atoms with E-state index in [-0.39, 0.29) is 5.82 Å². The Kier molecular flexibility index (Phi) is 2.41. The van der Waals surface area contributed by atoms with Gasteiger partial charge in [-0.05, 0) is 12.1 Å². The Morgan fingerprint density at radius 3 is 2.38 bits per heavy atom. The average molecular weight is 239 g/mol.